The molecule has 1 aliphatic rings. The van der Waals surface area contributed by atoms with Gasteiger partial charge in [0.15, 0.2) is 0 Å². The van der Waals surface area contributed by atoms with Crippen LogP contribution in [-0.2, 0) is 10.2 Å². The average Bonchev–Trinajstić information content (AvgIpc) is 2.14. The van der Waals surface area contributed by atoms with Crippen molar-refractivity contribution in [2.75, 3.05) is 13.2 Å². The molecule has 0 unspecified atom stereocenters. The third-order valence-electron chi connectivity index (χ3n) is 2.59. The molecule has 0 radical (unpaired) electrons. The maximum atomic E-state index is 10.8. The van der Waals surface area contributed by atoms with Crippen LogP contribution < -0.4 is 0 Å². The van der Waals surface area contributed by atoms with Crippen molar-refractivity contribution in [2.24, 2.45) is 0 Å². The minimum atomic E-state index is -0.334. The Morgan fingerprint density at radius 2 is 2.07 bits per heavy atom. The Kier molecular flexibility index (Phi) is 2.00. The molecule has 74 valence electrons. The molecule has 2 rings (SSSR count). The lowest BCUT2D eigenvalue weighted by molar-refractivity contribution is -0.386. The minimum Gasteiger partial charge on any atom is -0.379 e. The van der Waals surface area contributed by atoms with Crippen LogP contribution in [0.4, 0.5) is 5.69 Å². The minimum absolute atomic E-state index is 0.177. The van der Waals surface area contributed by atoms with Crippen LogP contribution in [0.5, 0.6) is 0 Å². The zero-order valence-corrected chi connectivity index (χ0v) is 7.90. The molecule has 14 heavy (non-hydrogen) atoms. The van der Waals surface area contributed by atoms with Gasteiger partial charge in [0.1, 0.15) is 0 Å². The predicted molar refractivity (Wildman–Crippen MR) is 51.3 cm³/mol. The topological polar surface area (TPSA) is 52.4 Å². The van der Waals surface area contributed by atoms with Crippen molar-refractivity contribution in [3.8, 4) is 0 Å². The van der Waals surface area contributed by atoms with E-state index in [0.717, 1.165) is 5.56 Å². The second-order valence-corrected chi connectivity index (χ2v) is 3.83. The van der Waals surface area contributed by atoms with Crippen LogP contribution in [0.2, 0.25) is 0 Å². The maximum Gasteiger partial charge on any atom is 0.273 e. The molecular weight excluding hydrogens is 182 g/mol. The highest BCUT2D eigenvalue weighted by Gasteiger charge is 2.39. The lowest BCUT2D eigenvalue weighted by Gasteiger charge is -2.37. The van der Waals surface area contributed by atoms with E-state index in [2.05, 4.69) is 0 Å². The van der Waals surface area contributed by atoms with Crippen molar-refractivity contribution in [3.63, 3.8) is 0 Å². The number of nitrogens with zero attached hydrogens (tertiary/aromatic N) is 1. The van der Waals surface area contributed by atoms with Crippen LogP contribution in [0.15, 0.2) is 24.3 Å². The molecule has 1 fully saturated rings. The molecule has 0 spiro atoms. The van der Waals surface area contributed by atoms with E-state index in [0.29, 0.717) is 13.2 Å². The van der Waals surface area contributed by atoms with Crippen LogP contribution in [0.25, 0.3) is 0 Å². The first-order valence-corrected chi connectivity index (χ1v) is 4.45. The predicted octanol–water partition coefficient (Wildman–Crippen LogP) is 1.88. The summed E-state index contributed by atoms with van der Waals surface area (Å²) in [6.45, 7) is 3.12. The molecule has 0 atom stereocenters. The van der Waals surface area contributed by atoms with Gasteiger partial charge in [0.05, 0.1) is 18.1 Å². The molecular formula is C10H11NO3. The van der Waals surface area contributed by atoms with Gasteiger partial charge >= 0.3 is 0 Å². The van der Waals surface area contributed by atoms with Crippen LogP contribution in [-0.4, -0.2) is 18.1 Å². The number of benzene rings is 1. The van der Waals surface area contributed by atoms with E-state index in [9.17, 15) is 10.1 Å². The molecule has 4 heteroatoms. The molecule has 0 N–H and O–H groups in total. The Labute approximate surface area is 81.7 Å². The van der Waals surface area contributed by atoms with E-state index in [-0.39, 0.29) is 16.0 Å². The third kappa shape index (κ3) is 1.28. The fourth-order valence-electron chi connectivity index (χ4n) is 1.71. The van der Waals surface area contributed by atoms with Crippen LogP contribution in [0.1, 0.15) is 12.5 Å². The zero-order valence-electron chi connectivity index (χ0n) is 7.90. The standard InChI is InChI=1S/C10H11NO3/c1-10(6-14-7-10)8-4-2-3-5-9(8)11(12)13/h2-5H,6-7H2,1H3. The summed E-state index contributed by atoms with van der Waals surface area (Å²) in [6, 6.07) is 6.86. The average molecular weight is 193 g/mol. The molecule has 0 aromatic heterocycles. The summed E-state index contributed by atoms with van der Waals surface area (Å²) in [7, 11) is 0. The third-order valence-corrected chi connectivity index (χ3v) is 2.59. The van der Waals surface area contributed by atoms with Crippen LogP contribution in [0, 0.1) is 10.1 Å². The number of nitro groups is 1. The van der Waals surface area contributed by atoms with Crippen molar-refractivity contribution in [1.29, 1.82) is 0 Å². The molecule has 0 bridgehead atoms. The van der Waals surface area contributed by atoms with Gasteiger partial charge < -0.3 is 4.74 Å². The molecule has 1 heterocycles. The summed E-state index contributed by atoms with van der Waals surface area (Å²) in [5.41, 5.74) is 0.790. The SMILES string of the molecule is CC1(c2ccccc2[N+](=O)[O-])COC1. The summed E-state index contributed by atoms with van der Waals surface area (Å²) >= 11 is 0. The largest absolute Gasteiger partial charge is 0.379 e. The highest BCUT2D eigenvalue weighted by molar-refractivity contribution is 5.45. The highest BCUT2D eigenvalue weighted by Crippen LogP contribution is 2.36. The summed E-state index contributed by atoms with van der Waals surface area (Å²) in [5.74, 6) is 0. The fourth-order valence-corrected chi connectivity index (χ4v) is 1.71. The summed E-state index contributed by atoms with van der Waals surface area (Å²) in [6.07, 6.45) is 0. The monoisotopic (exact) mass is 193 g/mol. The molecule has 0 saturated carbocycles. The van der Waals surface area contributed by atoms with Gasteiger partial charge in [-0.3, -0.25) is 10.1 Å². The van der Waals surface area contributed by atoms with Gasteiger partial charge in [0, 0.05) is 17.0 Å². The van der Waals surface area contributed by atoms with E-state index in [1.165, 1.54) is 0 Å². The number of ether oxygens (including phenoxy) is 1. The Bertz CT molecular complexity index is 371. The molecule has 0 amide bonds. The molecule has 1 aliphatic heterocycles. The second-order valence-electron chi connectivity index (χ2n) is 3.83. The first-order valence-electron chi connectivity index (χ1n) is 4.45. The van der Waals surface area contributed by atoms with Gasteiger partial charge in [0.25, 0.3) is 5.69 Å². The molecule has 1 aromatic carbocycles. The van der Waals surface area contributed by atoms with Crippen molar-refractivity contribution < 1.29 is 9.66 Å². The number of rotatable bonds is 2. The van der Waals surface area contributed by atoms with Gasteiger partial charge in [-0.25, -0.2) is 0 Å². The molecule has 1 saturated heterocycles. The number of nitro benzene ring substituents is 1. The Balaban J connectivity index is 2.46. The van der Waals surface area contributed by atoms with E-state index in [1.807, 2.05) is 13.0 Å². The Morgan fingerprint density at radius 3 is 2.57 bits per heavy atom. The molecule has 0 aliphatic carbocycles. The quantitative estimate of drug-likeness (QED) is 0.532. The van der Waals surface area contributed by atoms with E-state index in [4.69, 9.17) is 4.74 Å². The van der Waals surface area contributed by atoms with Gasteiger partial charge in [-0.1, -0.05) is 25.1 Å². The summed E-state index contributed by atoms with van der Waals surface area (Å²) < 4.78 is 5.10. The first kappa shape index (κ1) is 9.15. The van der Waals surface area contributed by atoms with Crippen molar-refractivity contribution in [1.82, 2.24) is 0 Å². The number of hydrogen-bond donors (Lipinski definition) is 0. The lowest BCUT2D eigenvalue weighted by Crippen LogP contribution is -2.44. The van der Waals surface area contributed by atoms with Gasteiger partial charge in [-0.05, 0) is 0 Å². The normalized spacial score (nSPS) is 18.6. The van der Waals surface area contributed by atoms with Crippen LogP contribution >= 0.6 is 0 Å². The van der Waals surface area contributed by atoms with E-state index >= 15 is 0 Å². The molecule has 4 nitrogen and oxygen atoms in total. The van der Waals surface area contributed by atoms with E-state index in [1.54, 1.807) is 18.2 Å². The smallest absolute Gasteiger partial charge is 0.273 e. The van der Waals surface area contributed by atoms with Crippen molar-refractivity contribution >= 4 is 5.69 Å². The number of hydrogen-bond acceptors (Lipinski definition) is 3. The fraction of sp³-hybridized carbons (Fsp3) is 0.400. The Morgan fingerprint density at radius 1 is 1.43 bits per heavy atom. The van der Waals surface area contributed by atoms with Gasteiger partial charge in [-0.15, -0.1) is 0 Å². The first-order chi connectivity index (χ1) is 6.63. The number of para-hydroxylation sites is 1. The van der Waals surface area contributed by atoms with Gasteiger partial charge in [0.2, 0.25) is 0 Å². The Hall–Kier alpha value is -1.42. The van der Waals surface area contributed by atoms with E-state index < -0.39 is 0 Å². The highest BCUT2D eigenvalue weighted by atomic mass is 16.6. The summed E-state index contributed by atoms with van der Waals surface area (Å²) in [5, 5.41) is 10.8. The second kappa shape index (κ2) is 3.06. The maximum absolute atomic E-state index is 10.8. The van der Waals surface area contributed by atoms with Gasteiger partial charge in [-0.2, -0.15) is 0 Å². The van der Waals surface area contributed by atoms with Crippen LogP contribution in [0.3, 0.4) is 0 Å². The summed E-state index contributed by atoms with van der Waals surface area (Å²) in [4.78, 5) is 10.4. The zero-order chi connectivity index (χ0) is 10.2. The molecule has 1 aromatic rings. The van der Waals surface area contributed by atoms with Crippen molar-refractivity contribution in [3.05, 3.63) is 39.9 Å². The van der Waals surface area contributed by atoms with Crippen molar-refractivity contribution in [2.45, 2.75) is 12.3 Å². The lowest BCUT2D eigenvalue weighted by atomic mass is 9.80.